The number of benzene rings is 11. The van der Waals surface area contributed by atoms with Gasteiger partial charge in [0.25, 0.3) is 0 Å². The van der Waals surface area contributed by atoms with Gasteiger partial charge < -0.3 is 23.1 Å². The zero-order valence-corrected chi connectivity index (χ0v) is 45.2. The molecule has 1 aliphatic carbocycles. The van der Waals surface area contributed by atoms with E-state index in [-0.39, 0.29) is 16.2 Å². The van der Waals surface area contributed by atoms with Crippen LogP contribution in [0.5, 0.6) is 0 Å². The van der Waals surface area contributed by atoms with Gasteiger partial charge in [-0.3, -0.25) is 0 Å². The Bertz CT molecular complexity index is 4790. The van der Waals surface area contributed by atoms with Crippen LogP contribution in [0, 0.1) is 0 Å². The minimum atomic E-state index is -0.341. The third-order valence-electron chi connectivity index (χ3n) is 16.8. The first kappa shape index (κ1) is 46.3. The second-order valence-electron chi connectivity index (χ2n) is 24.0. The first-order valence-electron chi connectivity index (χ1n) is 27.3. The summed E-state index contributed by atoms with van der Waals surface area (Å²) in [6, 6.07) is 74.8. The van der Waals surface area contributed by atoms with Crippen molar-refractivity contribution in [1.29, 1.82) is 0 Å². The second-order valence-corrected chi connectivity index (χ2v) is 24.0. The van der Waals surface area contributed by atoms with E-state index in [1.807, 2.05) is 0 Å². The van der Waals surface area contributed by atoms with Crippen LogP contribution in [0.25, 0.3) is 98.5 Å². The highest BCUT2D eigenvalue weighted by Crippen LogP contribution is 2.56. The highest BCUT2D eigenvalue weighted by atomic mass is 16.3. The lowest BCUT2D eigenvalue weighted by Gasteiger charge is -2.27. The monoisotopic (exact) mass is 1010 g/mol. The minimum absolute atomic E-state index is 0.0765. The molecule has 0 spiro atoms. The third kappa shape index (κ3) is 6.73. The van der Waals surface area contributed by atoms with E-state index in [4.69, 9.17) is 13.3 Å². The summed E-state index contributed by atoms with van der Waals surface area (Å²) in [5.74, 6) is 0. The average molecular weight is 1010 g/mol. The molecule has 5 nitrogen and oxygen atoms in total. The van der Waals surface area contributed by atoms with Crippen molar-refractivity contribution >= 4 is 121 Å². The summed E-state index contributed by atoms with van der Waals surface area (Å²) in [7, 11) is 0. The lowest BCUT2D eigenvalue weighted by molar-refractivity contribution is 0.572. The molecule has 3 heterocycles. The van der Waals surface area contributed by atoms with Gasteiger partial charge in [-0.2, -0.15) is 0 Å². The first-order valence-corrected chi connectivity index (χ1v) is 27.3. The first-order chi connectivity index (χ1) is 37.7. The Morgan fingerprint density at radius 1 is 0.333 bits per heavy atom. The maximum Gasteiger partial charge on any atom is 0.159 e. The van der Waals surface area contributed by atoms with Crippen molar-refractivity contribution in [2.45, 2.75) is 71.6 Å². The van der Waals surface area contributed by atoms with Crippen molar-refractivity contribution in [1.82, 2.24) is 0 Å². The van der Waals surface area contributed by atoms with E-state index in [1.165, 1.54) is 49.5 Å². The minimum Gasteiger partial charge on any atom is -0.455 e. The van der Waals surface area contributed by atoms with E-state index in [2.05, 4.69) is 271 Å². The molecule has 0 aliphatic heterocycles. The molecule has 0 radical (unpaired) electrons. The lowest BCUT2D eigenvalue weighted by atomic mass is 9.78. The smallest absolute Gasteiger partial charge is 0.159 e. The summed E-state index contributed by atoms with van der Waals surface area (Å²) in [5, 5.41) is 11.4. The normalized spacial score (nSPS) is 13.5. The highest BCUT2D eigenvalue weighted by molar-refractivity contribution is 6.20. The zero-order valence-electron chi connectivity index (χ0n) is 45.2. The number of anilines is 6. The molecular weight excluding hydrogens is 953 g/mol. The summed E-state index contributed by atoms with van der Waals surface area (Å²) >= 11 is 0. The van der Waals surface area contributed by atoms with Crippen LogP contribution in [0.1, 0.15) is 77.6 Å². The molecule has 0 N–H and O–H groups in total. The van der Waals surface area contributed by atoms with E-state index >= 15 is 0 Å². The molecule has 0 unspecified atom stereocenters. The molecular formula is C73H58N2O3. The molecule has 378 valence electrons. The van der Waals surface area contributed by atoms with Gasteiger partial charge in [0.2, 0.25) is 0 Å². The van der Waals surface area contributed by atoms with Crippen LogP contribution in [-0.4, -0.2) is 0 Å². The quantitative estimate of drug-likeness (QED) is 0.166. The number of para-hydroxylation sites is 6. The standard InChI is InChI=1S/C73H58N2O3/c1-71(2,3)58-27-15-23-53-55-25-17-29-60(69(55)77-67(53)58)74(45-19-11-9-12-20-45)47-33-37-49-43(41-47)31-35-51-52-39-40-62-63(65(52)73(7,8)64(49)51)57-36-32-44-42-48(34-38-50(44)66(57)76-62)75(46-21-13-10-14-22-46)61-30-18-26-56-54-24-16-28-59(72(4,5)6)68(54)78-70(56)61/h9-42H,1-8H3. The Hall–Kier alpha value is -9.06. The number of nitrogens with zero attached hydrogens (tertiary/aromatic N) is 2. The summed E-state index contributed by atoms with van der Waals surface area (Å²) in [6.07, 6.45) is 0. The average Bonchev–Trinajstić information content (AvgIpc) is 4.10. The Labute approximate surface area is 453 Å². The molecule has 14 aromatic rings. The van der Waals surface area contributed by atoms with Crippen LogP contribution in [-0.2, 0) is 16.2 Å². The number of hydrogen-bond donors (Lipinski definition) is 0. The molecule has 0 atom stereocenters. The number of rotatable bonds is 6. The molecule has 0 bridgehead atoms. The van der Waals surface area contributed by atoms with Crippen molar-refractivity contribution in [3.05, 3.63) is 229 Å². The summed E-state index contributed by atoms with van der Waals surface area (Å²) < 4.78 is 21.0. The molecule has 78 heavy (non-hydrogen) atoms. The molecule has 5 heteroatoms. The van der Waals surface area contributed by atoms with Gasteiger partial charge in [0.05, 0.1) is 11.4 Å². The Kier molecular flexibility index (Phi) is 9.77. The van der Waals surface area contributed by atoms with Gasteiger partial charge in [-0.05, 0) is 128 Å². The van der Waals surface area contributed by atoms with Crippen molar-refractivity contribution in [2.24, 2.45) is 0 Å². The van der Waals surface area contributed by atoms with Crippen LogP contribution in [0.4, 0.5) is 34.1 Å². The van der Waals surface area contributed by atoms with Crippen LogP contribution in [0.2, 0.25) is 0 Å². The molecule has 0 amide bonds. The molecule has 0 saturated heterocycles. The van der Waals surface area contributed by atoms with E-state index in [1.54, 1.807) is 0 Å². The molecule has 15 rings (SSSR count). The van der Waals surface area contributed by atoms with E-state index in [0.29, 0.717) is 0 Å². The van der Waals surface area contributed by atoms with Crippen LogP contribution in [0.15, 0.2) is 220 Å². The van der Waals surface area contributed by atoms with Gasteiger partial charge in [0.1, 0.15) is 22.3 Å². The van der Waals surface area contributed by atoms with Crippen molar-refractivity contribution in [3.63, 3.8) is 0 Å². The van der Waals surface area contributed by atoms with Gasteiger partial charge in [0, 0.05) is 77.0 Å². The zero-order chi connectivity index (χ0) is 53.0. The lowest BCUT2D eigenvalue weighted by Crippen LogP contribution is -2.16. The van der Waals surface area contributed by atoms with E-state index in [0.717, 1.165) is 105 Å². The predicted octanol–water partition coefficient (Wildman–Crippen LogP) is 21.5. The predicted molar refractivity (Wildman–Crippen MR) is 328 cm³/mol. The molecule has 1 aliphatic rings. The van der Waals surface area contributed by atoms with Gasteiger partial charge in [-0.25, -0.2) is 0 Å². The Balaban J connectivity index is 0.844. The maximum atomic E-state index is 7.03. The Morgan fingerprint density at radius 3 is 1.32 bits per heavy atom. The highest BCUT2D eigenvalue weighted by Gasteiger charge is 2.40. The van der Waals surface area contributed by atoms with Crippen molar-refractivity contribution in [2.75, 3.05) is 9.80 Å². The second kappa shape index (κ2) is 16.5. The van der Waals surface area contributed by atoms with E-state index < -0.39 is 0 Å². The fraction of sp³-hybridized carbons (Fsp3) is 0.151. The van der Waals surface area contributed by atoms with Crippen LogP contribution >= 0.6 is 0 Å². The largest absolute Gasteiger partial charge is 0.455 e. The van der Waals surface area contributed by atoms with Gasteiger partial charge in [-0.1, -0.05) is 183 Å². The Morgan fingerprint density at radius 2 is 0.782 bits per heavy atom. The summed E-state index contributed by atoms with van der Waals surface area (Å²) in [5.41, 5.74) is 18.7. The van der Waals surface area contributed by atoms with Crippen molar-refractivity contribution in [3.8, 4) is 11.1 Å². The van der Waals surface area contributed by atoms with Crippen molar-refractivity contribution < 1.29 is 13.3 Å². The van der Waals surface area contributed by atoms with Gasteiger partial charge in [0.15, 0.2) is 11.2 Å². The number of fused-ring (bicyclic) bond motifs is 17. The van der Waals surface area contributed by atoms with Crippen LogP contribution in [0.3, 0.4) is 0 Å². The number of hydrogen-bond acceptors (Lipinski definition) is 5. The fourth-order valence-electron chi connectivity index (χ4n) is 13.3. The molecule has 0 fully saturated rings. The summed E-state index contributed by atoms with van der Waals surface area (Å²) in [6.45, 7) is 18.3. The van der Waals surface area contributed by atoms with E-state index in [9.17, 15) is 0 Å². The molecule has 0 saturated carbocycles. The molecule has 3 aromatic heterocycles. The number of furan rings is 3. The maximum absolute atomic E-state index is 7.03. The molecule has 11 aromatic carbocycles. The topological polar surface area (TPSA) is 45.9 Å². The van der Waals surface area contributed by atoms with Crippen LogP contribution < -0.4 is 9.80 Å². The fourth-order valence-corrected chi connectivity index (χ4v) is 13.3. The van der Waals surface area contributed by atoms with Gasteiger partial charge >= 0.3 is 0 Å². The third-order valence-corrected chi connectivity index (χ3v) is 16.8. The SMILES string of the molecule is CC(C)(C)c1cccc2c1oc1c(N(c3ccccc3)c3ccc4c5c(ccc4c3)-c3ccc4oc6c7ccc(N(c8ccccc8)c8cccc9c8oc8c(C(C)(C)C)cccc89)cc7ccc6c4c3C5(C)C)cccc12. The summed E-state index contributed by atoms with van der Waals surface area (Å²) in [4.78, 5) is 4.68. The van der Waals surface area contributed by atoms with Gasteiger partial charge in [-0.15, -0.1) is 0 Å².